The number of morpholine rings is 1. The number of diazo groups is 1. The molecule has 0 aliphatic carbocycles. The topological polar surface area (TPSA) is 87.7 Å². The minimum absolute atomic E-state index is 0.126. The first-order chi connectivity index (χ1) is 9.70. The van der Waals surface area contributed by atoms with Crippen LogP contribution in [0, 0.1) is 5.39 Å². The van der Waals surface area contributed by atoms with E-state index in [9.17, 15) is 0 Å². The summed E-state index contributed by atoms with van der Waals surface area (Å²) in [6.07, 6.45) is 0. The molecule has 3 rings (SSSR count). The molecule has 1 aromatic heterocycles. The molecule has 2 aliphatic heterocycles. The highest BCUT2D eigenvalue weighted by Gasteiger charge is 2.37. The molecule has 0 radical (unpaired) electrons. The van der Waals surface area contributed by atoms with E-state index >= 15 is 0 Å². The molecule has 1 N–H and O–H groups in total. The van der Waals surface area contributed by atoms with E-state index in [1.54, 1.807) is 0 Å². The van der Waals surface area contributed by atoms with Gasteiger partial charge in [0.2, 0.25) is 5.28 Å². The highest BCUT2D eigenvalue weighted by molar-refractivity contribution is 6.28. The zero-order valence-corrected chi connectivity index (χ0v) is 11.7. The number of hydrogen-bond acceptors (Lipinski definition) is 7. The van der Waals surface area contributed by atoms with Crippen molar-refractivity contribution in [2.75, 3.05) is 24.7 Å². The Morgan fingerprint density at radius 3 is 3.10 bits per heavy atom. The van der Waals surface area contributed by atoms with Crippen LogP contribution in [0.4, 0.5) is 5.82 Å². The van der Waals surface area contributed by atoms with Crippen molar-refractivity contribution in [1.82, 2.24) is 15.4 Å². The van der Waals surface area contributed by atoms with Gasteiger partial charge in [-0.3, -0.25) is 0 Å². The van der Waals surface area contributed by atoms with Gasteiger partial charge in [-0.15, -0.1) is 0 Å². The normalized spacial score (nSPS) is 24.1. The highest BCUT2D eigenvalue weighted by atomic mass is 35.5. The minimum atomic E-state index is 0.126. The standard InChI is InChI=1S/C11H14ClN6O2/c1-6-3-19-4-7-5-20-9-8(2-14-17-13)15-11(12)16-10(9)18(6)7/h6-7,14H,2-5H2,1H3/q+1/t6-,7+/m1/s1. The second-order valence-electron chi connectivity index (χ2n) is 4.79. The van der Waals surface area contributed by atoms with Crippen molar-refractivity contribution in [3.05, 3.63) is 16.1 Å². The van der Waals surface area contributed by atoms with Gasteiger partial charge in [-0.2, -0.15) is 4.98 Å². The molecule has 0 spiro atoms. The molecule has 0 aromatic carbocycles. The molecule has 20 heavy (non-hydrogen) atoms. The average molecular weight is 298 g/mol. The van der Waals surface area contributed by atoms with Gasteiger partial charge >= 0.3 is 5.08 Å². The van der Waals surface area contributed by atoms with E-state index in [4.69, 9.17) is 26.5 Å². The number of halogens is 1. The van der Waals surface area contributed by atoms with E-state index in [1.165, 1.54) is 0 Å². The quantitative estimate of drug-likeness (QED) is 0.494. The zero-order chi connectivity index (χ0) is 14.1. The van der Waals surface area contributed by atoms with Gasteiger partial charge < -0.3 is 14.4 Å². The van der Waals surface area contributed by atoms with Crippen LogP contribution >= 0.6 is 11.6 Å². The largest absolute Gasteiger partial charge is 0.486 e. The van der Waals surface area contributed by atoms with Crippen LogP contribution in [-0.2, 0) is 11.3 Å². The zero-order valence-electron chi connectivity index (χ0n) is 10.9. The Hall–Kier alpha value is -1.85. The van der Waals surface area contributed by atoms with Crippen LogP contribution in [0.5, 0.6) is 5.75 Å². The predicted octanol–water partition coefficient (Wildman–Crippen LogP) is 0.974. The monoisotopic (exact) mass is 297 g/mol. The van der Waals surface area contributed by atoms with E-state index in [0.717, 1.165) is 0 Å². The summed E-state index contributed by atoms with van der Waals surface area (Å²) < 4.78 is 11.3. The Morgan fingerprint density at radius 1 is 1.45 bits per heavy atom. The molecule has 2 atom stereocenters. The summed E-state index contributed by atoms with van der Waals surface area (Å²) >= 11 is 5.98. The summed E-state index contributed by atoms with van der Waals surface area (Å²) in [5, 5.41) is 11.5. The SMILES string of the molecule is C[C@@H]1COC[C@H]2COc3c(CN[N+]#N)nc(Cl)nc3N21. The molecular weight excluding hydrogens is 284 g/mol. The van der Waals surface area contributed by atoms with Crippen molar-refractivity contribution < 1.29 is 9.47 Å². The van der Waals surface area contributed by atoms with Gasteiger partial charge in [0.15, 0.2) is 11.6 Å². The van der Waals surface area contributed by atoms with Crippen LogP contribution < -0.4 is 15.1 Å². The van der Waals surface area contributed by atoms with Crippen LogP contribution in [0.2, 0.25) is 5.28 Å². The number of nitrogens with one attached hydrogen (secondary N) is 1. The number of nitrogens with zero attached hydrogens (tertiary/aromatic N) is 5. The lowest BCUT2D eigenvalue weighted by atomic mass is 10.1. The first-order valence-electron chi connectivity index (χ1n) is 6.33. The van der Waals surface area contributed by atoms with Crippen LogP contribution in [-0.4, -0.2) is 41.9 Å². The van der Waals surface area contributed by atoms with Gasteiger partial charge in [0, 0.05) is 0 Å². The third-order valence-electron chi connectivity index (χ3n) is 3.41. The summed E-state index contributed by atoms with van der Waals surface area (Å²) in [7, 11) is 0. The molecule has 2 aliphatic rings. The van der Waals surface area contributed by atoms with Crippen molar-refractivity contribution in [2.24, 2.45) is 0 Å². The van der Waals surface area contributed by atoms with E-state index in [0.29, 0.717) is 37.1 Å². The Balaban J connectivity index is 2.02. The Labute approximate surface area is 120 Å². The maximum atomic E-state index is 8.50. The Kier molecular flexibility index (Phi) is 3.46. The Morgan fingerprint density at radius 2 is 2.30 bits per heavy atom. The molecule has 0 bridgehead atoms. The van der Waals surface area contributed by atoms with Crippen molar-refractivity contribution in [3.63, 3.8) is 0 Å². The Bertz CT molecular complexity index is 563. The summed E-state index contributed by atoms with van der Waals surface area (Å²) in [5.74, 6) is 1.25. The van der Waals surface area contributed by atoms with E-state index in [2.05, 4.69) is 32.3 Å². The summed E-state index contributed by atoms with van der Waals surface area (Å²) in [6, 6.07) is 0.311. The molecule has 0 amide bonds. The first kappa shape index (κ1) is 13.1. The van der Waals surface area contributed by atoms with Gasteiger partial charge in [0.25, 0.3) is 5.39 Å². The molecule has 0 unspecified atom stereocenters. The number of anilines is 1. The lowest BCUT2D eigenvalue weighted by Crippen LogP contribution is -2.56. The fourth-order valence-electron chi connectivity index (χ4n) is 2.59. The third-order valence-corrected chi connectivity index (χ3v) is 3.58. The summed E-state index contributed by atoms with van der Waals surface area (Å²) in [4.78, 5) is 10.6. The van der Waals surface area contributed by atoms with Crippen molar-refractivity contribution >= 4 is 17.4 Å². The minimum Gasteiger partial charge on any atom is -0.486 e. The number of rotatable bonds is 2. The maximum absolute atomic E-state index is 8.50. The summed E-state index contributed by atoms with van der Waals surface area (Å²) in [5.41, 5.74) is 3.00. The lowest BCUT2D eigenvalue weighted by Gasteiger charge is -2.44. The smallest absolute Gasteiger partial charge is 0.303 e. The fraction of sp³-hybridized carbons (Fsp3) is 0.636. The second kappa shape index (κ2) is 5.26. The fourth-order valence-corrected chi connectivity index (χ4v) is 2.77. The number of hydrogen-bond donors (Lipinski definition) is 1. The molecular formula is C11H14ClN6O2+. The number of aromatic nitrogens is 2. The summed E-state index contributed by atoms with van der Waals surface area (Å²) in [6.45, 7) is 4.02. The predicted molar refractivity (Wildman–Crippen MR) is 71.0 cm³/mol. The molecule has 106 valence electrons. The molecule has 1 fully saturated rings. The molecule has 1 aromatic rings. The van der Waals surface area contributed by atoms with E-state index in [1.807, 2.05) is 0 Å². The highest BCUT2D eigenvalue weighted by Crippen LogP contribution is 2.37. The van der Waals surface area contributed by atoms with Crippen LogP contribution in [0.15, 0.2) is 0 Å². The molecule has 1 saturated heterocycles. The lowest BCUT2D eigenvalue weighted by molar-refractivity contribution is 0.0483. The van der Waals surface area contributed by atoms with Gasteiger partial charge in [-0.25, -0.2) is 4.98 Å². The number of fused-ring (bicyclic) bond motifs is 3. The van der Waals surface area contributed by atoms with Crippen LogP contribution in [0.25, 0.3) is 5.08 Å². The third kappa shape index (κ3) is 2.19. The molecule has 9 heteroatoms. The van der Waals surface area contributed by atoms with Crippen LogP contribution in [0.1, 0.15) is 12.6 Å². The van der Waals surface area contributed by atoms with Gasteiger partial charge in [-0.1, -0.05) is 0 Å². The van der Waals surface area contributed by atoms with E-state index < -0.39 is 0 Å². The number of ether oxygens (including phenoxy) is 2. The average Bonchev–Trinajstić information content (AvgIpc) is 2.44. The van der Waals surface area contributed by atoms with Gasteiger partial charge in [0.1, 0.15) is 18.8 Å². The maximum Gasteiger partial charge on any atom is 0.303 e. The van der Waals surface area contributed by atoms with Gasteiger partial charge in [-0.05, 0) is 24.0 Å². The molecule has 8 nitrogen and oxygen atoms in total. The van der Waals surface area contributed by atoms with Gasteiger partial charge in [0.05, 0.1) is 25.3 Å². The second-order valence-corrected chi connectivity index (χ2v) is 5.12. The van der Waals surface area contributed by atoms with Crippen molar-refractivity contribution in [3.8, 4) is 5.75 Å². The molecule has 0 saturated carbocycles. The van der Waals surface area contributed by atoms with Crippen molar-refractivity contribution in [1.29, 1.82) is 5.39 Å². The van der Waals surface area contributed by atoms with Crippen LogP contribution in [0.3, 0.4) is 0 Å². The first-order valence-corrected chi connectivity index (χ1v) is 6.70. The van der Waals surface area contributed by atoms with Crippen molar-refractivity contribution in [2.45, 2.75) is 25.6 Å². The van der Waals surface area contributed by atoms with E-state index in [-0.39, 0.29) is 23.9 Å². The molecule has 3 heterocycles.